The van der Waals surface area contributed by atoms with Crippen LogP contribution in [0.4, 0.5) is 20.4 Å². The molecular weight excluding hydrogens is 428 g/mol. The standard InChI is InChI=1S/C24H25F2N5O2/c1-31(2)14-15-4-7-17(8-5-15)28-24-29-22-21(23(30-24)33-11-10-32-3)19(13-27-22)18-9-6-16(25)12-20(18)26/h4-9,12-13H,10-11,14H2,1-3H3,(H2,27,28,29,30). The SMILES string of the molecule is COCCOc1nc(Nc2ccc(CN(C)C)cc2)nc2[nH]cc(-c3ccc(F)cc3F)c12. The number of fused-ring (bicyclic) bond motifs is 1. The molecule has 2 aromatic heterocycles. The van der Waals surface area contributed by atoms with Gasteiger partial charge in [-0.05, 0) is 43.9 Å². The molecule has 172 valence electrons. The maximum Gasteiger partial charge on any atom is 0.232 e. The first kappa shape index (κ1) is 22.6. The summed E-state index contributed by atoms with van der Waals surface area (Å²) in [6.07, 6.45) is 1.61. The fraction of sp³-hybridized carbons (Fsp3) is 0.250. The largest absolute Gasteiger partial charge is 0.475 e. The molecule has 2 aromatic carbocycles. The van der Waals surface area contributed by atoms with Crippen LogP contribution in [0.2, 0.25) is 0 Å². The number of rotatable bonds is 9. The van der Waals surface area contributed by atoms with Gasteiger partial charge in [-0.25, -0.2) is 8.78 Å². The van der Waals surface area contributed by atoms with Gasteiger partial charge in [-0.3, -0.25) is 0 Å². The number of hydrogen-bond donors (Lipinski definition) is 2. The second-order valence-electron chi connectivity index (χ2n) is 7.80. The summed E-state index contributed by atoms with van der Waals surface area (Å²) in [7, 11) is 5.60. The first-order chi connectivity index (χ1) is 15.9. The number of nitrogens with one attached hydrogen (secondary N) is 2. The van der Waals surface area contributed by atoms with Crippen LogP contribution in [0, 0.1) is 11.6 Å². The maximum absolute atomic E-state index is 14.5. The molecule has 0 saturated heterocycles. The Bertz CT molecular complexity index is 1240. The van der Waals surface area contributed by atoms with E-state index >= 15 is 0 Å². The summed E-state index contributed by atoms with van der Waals surface area (Å²) < 4.78 is 38.8. The Morgan fingerprint density at radius 3 is 2.48 bits per heavy atom. The van der Waals surface area contributed by atoms with Gasteiger partial charge in [0.25, 0.3) is 0 Å². The van der Waals surface area contributed by atoms with Crippen molar-refractivity contribution >= 4 is 22.7 Å². The Morgan fingerprint density at radius 2 is 1.79 bits per heavy atom. The Kier molecular flexibility index (Phi) is 6.81. The van der Waals surface area contributed by atoms with Gasteiger partial charge in [0.2, 0.25) is 11.8 Å². The van der Waals surface area contributed by atoms with Crippen LogP contribution in [0.15, 0.2) is 48.7 Å². The molecule has 7 nitrogen and oxygen atoms in total. The zero-order chi connectivity index (χ0) is 23.4. The second-order valence-corrected chi connectivity index (χ2v) is 7.80. The molecule has 0 aliphatic rings. The molecule has 0 aliphatic heterocycles. The molecule has 0 atom stereocenters. The Hall–Kier alpha value is -3.56. The van der Waals surface area contributed by atoms with Gasteiger partial charge in [0.1, 0.15) is 23.9 Å². The highest BCUT2D eigenvalue weighted by Gasteiger charge is 2.19. The van der Waals surface area contributed by atoms with Crippen molar-refractivity contribution in [2.24, 2.45) is 0 Å². The number of nitrogens with zero attached hydrogens (tertiary/aromatic N) is 3. The summed E-state index contributed by atoms with van der Waals surface area (Å²) in [6.45, 7) is 1.44. The van der Waals surface area contributed by atoms with Gasteiger partial charge in [-0.1, -0.05) is 12.1 Å². The predicted molar refractivity (Wildman–Crippen MR) is 124 cm³/mol. The van der Waals surface area contributed by atoms with Gasteiger partial charge in [0, 0.05) is 42.7 Å². The summed E-state index contributed by atoms with van der Waals surface area (Å²) in [6, 6.07) is 11.4. The van der Waals surface area contributed by atoms with E-state index in [9.17, 15) is 8.78 Å². The molecular formula is C24H25F2N5O2. The minimum atomic E-state index is -0.682. The number of anilines is 2. The first-order valence-corrected chi connectivity index (χ1v) is 10.4. The molecule has 0 saturated carbocycles. The number of aromatic nitrogens is 3. The Morgan fingerprint density at radius 1 is 1.00 bits per heavy atom. The van der Waals surface area contributed by atoms with Crippen LogP contribution < -0.4 is 10.1 Å². The van der Waals surface area contributed by atoms with E-state index in [1.807, 2.05) is 38.4 Å². The van der Waals surface area contributed by atoms with Crippen molar-refractivity contribution in [3.05, 3.63) is 65.9 Å². The van der Waals surface area contributed by atoms with Gasteiger partial charge >= 0.3 is 0 Å². The van der Waals surface area contributed by atoms with Crippen molar-refractivity contribution in [2.45, 2.75) is 6.54 Å². The van der Waals surface area contributed by atoms with E-state index in [1.54, 1.807) is 13.3 Å². The molecule has 0 spiro atoms. The highest BCUT2D eigenvalue weighted by Crippen LogP contribution is 2.36. The molecule has 9 heteroatoms. The van der Waals surface area contributed by atoms with Crippen LogP contribution >= 0.6 is 0 Å². The zero-order valence-corrected chi connectivity index (χ0v) is 18.7. The van der Waals surface area contributed by atoms with Gasteiger partial charge in [0.15, 0.2) is 0 Å². The number of benzene rings is 2. The Labute approximate surface area is 190 Å². The van der Waals surface area contributed by atoms with Gasteiger partial charge in [0.05, 0.1) is 12.0 Å². The van der Waals surface area contributed by atoms with E-state index in [4.69, 9.17) is 9.47 Å². The third-order valence-corrected chi connectivity index (χ3v) is 4.95. The molecule has 2 N–H and O–H groups in total. The van der Waals surface area contributed by atoms with Gasteiger partial charge in [-0.2, -0.15) is 9.97 Å². The third kappa shape index (κ3) is 5.27. The topological polar surface area (TPSA) is 75.3 Å². The number of ether oxygens (including phenoxy) is 2. The molecule has 0 amide bonds. The number of halogens is 2. The number of methoxy groups -OCH3 is 1. The van der Waals surface area contributed by atoms with Crippen molar-refractivity contribution in [1.29, 1.82) is 0 Å². The molecule has 0 aliphatic carbocycles. The van der Waals surface area contributed by atoms with Crippen molar-refractivity contribution < 1.29 is 18.3 Å². The highest BCUT2D eigenvalue weighted by molar-refractivity contribution is 5.98. The summed E-state index contributed by atoms with van der Waals surface area (Å²) in [4.78, 5) is 14.2. The number of aromatic amines is 1. The van der Waals surface area contributed by atoms with E-state index in [0.717, 1.165) is 18.3 Å². The average molecular weight is 453 g/mol. The number of hydrogen-bond acceptors (Lipinski definition) is 6. The molecule has 0 bridgehead atoms. The van der Waals surface area contributed by atoms with Crippen LogP contribution in [0.5, 0.6) is 5.88 Å². The van der Waals surface area contributed by atoms with E-state index in [0.29, 0.717) is 29.2 Å². The second kappa shape index (κ2) is 9.93. The molecule has 0 unspecified atom stereocenters. The quantitative estimate of drug-likeness (QED) is 0.357. The Balaban J connectivity index is 1.70. The number of H-pyrrole nitrogens is 1. The monoisotopic (exact) mass is 453 g/mol. The lowest BCUT2D eigenvalue weighted by molar-refractivity contribution is 0.144. The van der Waals surface area contributed by atoms with Crippen molar-refractivity contribution in [1.82, 2.24) is 19.9 Å². The van der Waals surface area contributed by atoms with Crippen LogP contribution in [-0.2, 0) is 11.3 Å². The average Bonchev–Trinajstić information content (AvgIpc) is 3.19. The fourth-order valence-electron chi connectivity index (χ4n) is 3.49. The smallest absolute Gasteiger partial charge is 0.232 e. The minimum Gasteiger partial charge on any atom is -0.475 e. The molecule has 4 rings (SSSR count). The lowest BCUT2D eigenvalue weighted by Crippen LogP contribution is -2.10. The summed E-state index contributed by atoms with van der Waals surface area (Å²) >= 11 is 0. The van der Waals surface area contributed by atoms with Gasteiger partial charge in [-0.15, -0.1) is 0 Å². The van der Waals surface area contributed by atoms with E-state index < -0.39 is 11.6 Å². The molecule has 2 heterocycles. The van der Waals surface area contributed by atoms with Crippen LogP contribution in [-0.4, -0.2) is 54.3 Å². The van der Waals surface area contributed by atoms with Crippen molar-refractivity contribution in [2.75, 3.05) is 39.7 Å². The minimum absolute atomic E-state index is 0.222. The van der Waals surface area contributed by atoms with Crippen molar-refractivity contribution in [3.8, 4) is 17.0 Å². The van der Waals surface area contributed by atoms with Gasteiger partial charge < -0.3 is 24.7 Å². The first-order valence-electron chi connectivity index (χ1n) is 10.4. The van der Waals surface area contributed by atoms with E-state index in [-0.39, 0.29) is 18.1 Å². The molecule has 0 fully saturated rings. The van der Waals surface area contributed by atoms with Crippen LogP contribution in [0.3, 0.4) is 0 Å². The summed E-state index contributed by atoms with van der Waals surface area (Å²) in [5.41, 5.74) is 3.16. The fourth-order valence-corrected chi connectivity index (χ4v) is 3.49. The molecule has 0 radical (unpaired) electrons. The molecule has 4 aromatic rings. The van der Waals surface area contributed by atoms with Crippen LogP contribution in [0.25, 0.3) is 22.2 Å². The lowest BCUT2D eigenvalue weighted by Gasteiger charge is -2.12. The summed E-state index contributed by atoms with van der Waals surface area (Å²) in [5, 5.41) is 3.69. The van der Waals surface area contributed by atoms with E-state index in [2.05, 4.69) is 25.2 Å². The summed E-state index contributed by atoms with van der Waals surface area (Å²) in [5.74, 6) is -0.738. The zero-order valence-electron chi connectivity index (χ0n) is 18.7. The van der Waals surface area contributed by atoms with Crippen molar-refractivity contribution in [3.63, 3.8) is 0 Å². The third-order valence-electron chi connectivity index (χ3n) is 4.95. The molecule has 33 heavy (non-hydrogen) atoms. The highest BCUT2D eigenvalue weighted by atomic mass is 19.1. The normalized spacial score (nSPS) is 11.3. The maximum atomic E-state index is 14.5. The van der Waals surface area contributed by atoms with Crippen LogP contribution in [0.1, 0.15) is 5.56 Å². The predicted octanol–water partition coefficient (Wildman–Crippen LogP) is 4.73. The van der Waals surface area contributed by atoms with E-state index in [1.165, 1.54) is 17.7 Å². The lowest BCUT2D eigenvalue weighted by atomic mass is 10.1.